The summed E-state index contributed by atoms with van der Waals surface area (Å²) in [5.74, 6) is 2.08. The Labute approximate surface area is 106 Å². The van der Waals surface area contributed by atoms with Gasteiger partial charge in [-0.25, -0.2) is 0 Å². The summed E-state index contributed by atoms with van der Waals surface area (Å²) in [5.41, 5.74) is 7.34. The third-order valence-corrected chi connectivity index (χ3v) is 2.29. The molecule has 0 aliphatic heterocycles. The molecule has 1 rings (SSSR count). The summed E-state index contributed by atoms with van der Waals surface area (Å²) in [6, 6.07) is 5.15. The van der Waals surface area contributed by atoms with Gasteiger partial charge in [0.2, 0.25) is 5.91 Å². The van der Waals surface area contributed by atoms with Crippen molar-refractivity contribution in [3.63, 3.8) is 0 Å². The number of carbonyl (C=O) groups is 1. The number of anilines is 1. The van der Waals surface area contributed by atoms with Crippen LogP contribution in [0.1, 0.15) is 11.1 Å². The maximum absolute atomic E-state index is 11.2. The topological polar surface area (TPSA) is 84.6 Å². The fourth-order valence-electron chi connectivity index (χ4n) is 1.42. The van der Waals surface area contributed by atoms with E-state index in [0.29, 0.717) is 5.69 Å². The third-order valence-electron chi connectivity index (χ3n) is 2.29. The number of rotatable bonds is 6. The van der Waals surface area contributed by atoms with E-state index in [-0.39, 0.29) is 32.3 Å². The molecule has 0 aromatic heterocycles. The fraction of sp³-hybridized carbons (Fsp3) is 0.308. The second kappa shape index (κ2) is 7.45. The van der Waals surface area contributed by atoms with Crippen molar-refractivity contribution >= 4 is 11.6 Å². The highest BCUT2D eigenvalue weighted by Gasteiger charge is 2.05. The van der Waals surface area contributed by atoms with Gasteiger partial charge < -0.3 is 20.9 Å². The molecule has 5 heteroatoms. The summed E-state index contributed by atoms with van der Waals surface area (Å²) in [7, 11) is 0. The highest BCUT2D eigenvalue weighted by molar-refractivity contribution is 5.92. The van der Waals surface area contributed by atoms with Gasteiger partial charge in [0.25, 0.3) is 0 Å². The Bertz CT molecular complexity index is 452. The molecule has 0 saturated carbocycles. The first-order chi connectivity index (χ1) is 8.71. The molecule has 1 aromatic rings. The number of benzene rings is 1. The molecule has 0 bridgehead atoms. The van der Waals surface area contributed by atoms with Crippen molar-refractivity contribution in [1.82, 2.24) is 0 Å². The summed E-state index contributed by atoms with van der Waals surface area (Å²) in [6.45, 7) is 0.307. The van der Waals surface area contributed by atoms with Gasteiger partial charge in [-0.15, -0.1) is 6.42 Å². The van der Waals surface area contributed by atoms with Crippen LogP contribution in [0.25, 0.3) is 0 Å². The van der Waals surface area contributed by atoms with E-state index in [1.54, 1.807) is 18.2 Å². The summed E-state index contributed by atoms with van der Waals surface area (Å²) in [4.78, 5) is 11.2. The van der Waals surface area contributed by atoms with E-state index >= 15 is 0 Å². The Kier molecular flexibility index (Phi) is 5.88. The zero-order chi connectivity index (χ0) is 13.4. The Morgan fingerprint density at radius 2 is 2.28 bits per heavy atom. The SMILES string of the molecule is C#CCOCc1cc(NC(=O)CN)ccc1CO. The minimum absolute atomic E-state index is 0.0787. The average molecular weight is 248 g/mol. The number of aliphatic hydroxyl groups is 1. The number of carbonyl (C=O) groups excluding carboxylic acids is 1. The largest absolute Gasteiger partial charge is 0.392 e. The van der Waals surface area contributed by atoms with Crippen molar-refractivity contribution < 1.29 is 14.6 Å². The first-order valence-electron chi connectivity index (χ1n) is 5.45. The van der Waals surface area contributed by atoms with E-state index in [2.05, 4.69) is 11.2 Å². The summed E-state index contributed by atoms with van der Waals surface area (Å²) in [5, 5.41) is 11.8. The van der Waals surface area contributed by atoms with E-state index in [1.807, 2.05) is 0 Å². The number of nitrogens with one attached hydrogen (secondary N) is 1. The molecule has 0 fully saturated rings. The minimum Gasteiger partial charge on any atom is -0.392 e. The van der Waals surface area contributed by atoms with Crippen LogP contribution in [0.4, 0.5) is 5.69 Å². The summed E-state index contributed by atoms with van der Waals surface area (Å²) < 4.78 is 5.21. The Morgan fingerprint density at radius 1 is 1.50 bits per heavy atom. The van der Waals surface area contributed by atoms with Crippen LogP contribution in [-0.4, -0.2) is 24.2 Å². The van der Waals surface area contributed by atoms with Gasteiger partial charge in [0.05, 0.1) is 19.8 Å². The maximum Gasteiger partial charge on any atom is 0.238 e. The molecule has 18 heavy (non-hydrogen) atoms. The number of nitrogens with two attached hydrogens (primary N) is 1. The van der Waals surface area contributed by atoms with Gasteiger partial charge >= 0.3 is 0 Å². The minimum atomic E-state index is -0.276. The molecular weight excluding hydrogens is 232 g/mol. The van der Waals surface area contributed by atoms with Gasteiger partial charge in [-0.05, 0) is 23.3 Å². The van der Waals surface area contributed by atoms with Gasteiger partial charge in [0.1, 0.15) is 6.61 Å². The molecule has 0 aliphatic carbocycles. The molecule has 0 radical (unpaired) electrons. The van der Waals surface area contributed by atoms with E-state index in [1.165, 1.54) is 0 Å². The van der Waals surface area contributed by atoms with E-state index in [0.717, 1.165) is 11.1 Å². The molecule has 1 aromatic carbocycles. The number of hydrogen-bond acceptors (Lipinski definition) is 4. The standard InChI is InChI=1S/C13H16N2O3/c1-2-5-18-9-11-6-12(15-13(17)7-14)4-3-10(11)8-16/h1,3-4,6,16H,5,7-9,14H2,(H,15,17). The van der Waals surface area contributed by atoms with Crippen molar-refractivity contribution in [3.05, 3.63) is 29.3 Å². The van der Waals surface area contributed by atoms with Crippen LogP contribution >= 0.6 is 0 Å². The molecule has 1 amide bonds. The molecule has 0 spiro atoms. The van der Waals surface area contributed by atoms with Gasteiger partial charge in [0, 0.05) is 5.69 Å². The first-order valence-corrected chi connectivity index (χ1v) is 5.45. The Morgan fingerprint density at radius 3 is 2.89 bits per heavy atom. The molecule has 0 heterocycles. The van der Waals surface area contributed by atoms with Crippen LogP contribution in [0, 0.1) is 12.3 Å². The normalized spacial score (nSPS) is 9.83. The van der Waals surface area contributed by atoms with Crippen LogP contribution in [0.3, 0.4) is 0 Å². The zero-order valence-corrected chi connectivity index (χ0v) is 9.98. The van der Waals surface area contributed by atoms with Crippen molar-refractivity contribution in [1.29, 1.82) is 0 Å². The Hall–Kier alpha value is -1.87. The van der Waals surface area contributed by atoms with E-state index < -0.39 is 0 Å². The highest BCUT2D eigenvalue weighted by atomic mass is 16.5. The van der Waals surface area contributed by atoms with Crippen LogP contribution in [0.15, 0.2) is 18.2 Å². The second-order valence-electron chi connectivity index (χ2n) is 3.59. The molecule has 4 N–H and O–H groups in total. The second-order valence-corrected chi connectivity index (χ2v) is 3.59. The average Bonchev–Trinajstić information content (AvgIpc) is 2.39. The lowest BCUT2D eigenvalue weighted by Gasteiger charge is -2.10. The highest BCUT2D eigenvalue weighted by Crippen LogP contribution is 2.17. The van der Waals surface area contributed by atoms with Crippen LogP contribution in [0.2, 0.25) is 0 Å². The predicted molar refractivity (Wildman–Crippen MR) is 68.5 cm³/mol. The van der Waals surface area contributed by atoms with Gasteiger partial charge in [-0.3, -0.25) is 4.79 Å². The van der Waals surface area contributed by atoms with Crippen LogP contribution in [-0.2, 0) is 22.7 Å². The monoisotopic (exact) mass is 248 g/mol. The first kappa shape index (κ1) is 14.2. The van der Waals surface area contributed by atoms with Gasteiger partial charge in [-0.1, -0.05) is 12.0 Å². The van der Waals surface area contributed by atoms with Gasteiger partial charge in [0.15, 0.2) is 0 Å². The fourth-order valence-corrected chi connectivity index (χ4v) is 1.42. The maximum atomic E-state index is 11.2. The quantitative estimate of drug-likeness (QED) is 0.497. The number of terminal acetylenes is 1. The molecule has 96 valence electrons. The summed E-state index contributed by atoms with van der Waals surface area (Å²) >= 11 is 0. The predicted octanol–water partition coefficient (Wildman–Crippen LogP) is 0.226. The smallest absolute Gasteiger partial charge is 0.238 e. The zero-order valence-electron chi connectivity index (χ0n) is 9.98. The lowest BCUT2D eigenvalue weighted by Crippen LogP contribution is -2.21. The lowest BCUT2D eigenvalue weighted by atomic mass is 10.1. The molecule has 5 nitrogen and oxygen atoms in total. The van der Waals surface area contributed by atoms with E-state index in [4.69, 9.17) is 16.9 Å². The number of amides is 1. The van der Waals surface area contributed by atoms with Crippen molar-refractivity contribution in [2.24, 2.45) is 5.73 Å². The molecule has 0 aliphatic rings. The molecule has 0 atom stereocenters. The van der Waals surface area contributed by atoms with Crippen molar-refractivity contribution in [2.75, 3.05) is 18.5 Å². The number of hydrogen-bond donors (Lipinski definition) is 3. The van der Waals surface area contributed by atoms with Gasteiger partial charge in [-0.2, -0.15) is 0 Å². The van der Waals surface area contributed by atoms with Crippen LogP contribution < -0.4 is 11.1 Å². The molecular formula is C13H16N2O3. The van der Waals surface area contributed by atoms with Crippen LogP contribution in [0.5, 0.6) is 0 Å². The van der Waals surface area contributed by atoms with E-state index in [9.17, 15) is 9.90 Å². The van der Waals surface area contributed by atoms with Crippen molar-refractivity contribution in [2.45, 2.75) is 13.2 Å². The Balaban J connectivity index is 2.81. The number of ether oxygens (including phenoxy) is 1. The van der Waals surface area contributed by atoms with Crippen molar-refractivity contribution in [3.8, 4) is 12.3 Å². The molecule has 0 saturated heterocycles. The third kappa shape index (κ3) is 4.18. The lowest BCUT2D eigenvalue weighted by molar-refractivity contribution is -0.114. The molecule has 0 unspecified atom stereocenters. The number of aliphatic hydroxyl groups excluding tert-OH is 1. The summed E-state index contributed by atoms with van der Waals surface area (Å²) in [6.07, 6.45) is 5.08.